The quantitative estimate of drug-likeness (QED) is 0.450. The number of amides is 1. The largest absolute Gasteiger partial charge is 0.441 e. The van der Waals surface area contributed by atoms with E-state index in [1.54, 1.807) is 34.6 Å². The summed E-state index contributed by atoms with van der Waals surface area (Å²) in [7, 11) is 0. The Hall–Kier alpha value is -3.19. The molecule has 2 fully saturated rings. The highest BCUT2D eigenvalue weighted by atomic mass is 32.1. The number of benzene rings is 1. The lowest BCUT2D eigenvalue weighted by Crippen LogP contribution is -2.41. The number of thiophene rings is 1. The highest BCUT2D eigenvalue weighted by molar-refractivity contribution is 7.13. The number of hydrogen-bond donors (Lipinski definition) is 1. The molecule has 1 saturated carbocycles. The van der Waals surface area contributed by atoms with Crippen molar-refractivity contribution < 1.29 is 14.3 Å². The second-order valence-corrected chi connectivity index (χ2v) is 9.24. The zero-order valence-corrected chi connectivity index (χ0v) is 17.9. The van der Waals surface area contributed by atoms with Crippen molar-refractivity contribution in [1.82, 2.24) is 9.88 Å². The molecule has 1 aromatic carbocycles. The highest BCUT2D eigenvalue weighted by Crippen LogP contribution is 2.41. The molecule has 2 N–H and O–H groups in total. The third kappa shape index (κ3) is 3.93. The number of carbonyl (C=O) groups excluding carboxylic acids is 2. The Morgan fingerprint density at radius 2 is 2.10 bits per heavy atom. The lowest BCUT2D eigenvalue weighted by molar-refractivity contribution is -0.00690. The molecule has 1 saturated heterocycles. The molecule has 6 nitrogen and oxygen atoms in total. The average molecular weight is 434 g/mol. The van der Waals surface area contributed by atoms with Crippen LogP contribution in [0.4, 0.5) is 10.5 Å². The lowest BCUT2D eigenvalue weighted by Gasteiger charge is -2.35. The minimum atomic E-state index is -0.275. The number of ketones is 1. The molecular weight excluding hydrogens is 410 g/mol. The second kappa shape index (κ2) is 7.81. The van der Waals surface area contributed by atoms with E-state index >= 15 is 0 Å². The molecule has 5 rings (SSSR count). The summed E-state index contributed by atoms with van der Waals surface area (Å²) < 4.78 is 5.54. The van der Waals surface area contributed by atoms with Gasteiger partial charge in [-0.15, -0.1) is 11.3 Å². The number of hydrogen-bond acceptors (Lipinski definition) is 6. The average Bonchev–Trinajstić information content (AvgIpc) is 3.39. The van der Waals surface area contributed by atoms with E-state index in [0.717, 1.165) is 41.0 Å². The summed E-state index contributed by atoms with van der Waals surface area (Å²) in [6.07, 6.45) is 4.50. The summed E-state index contributed by atoms with van der Waals surface area (Å²) in [5, 5.41) is 2.03. The Kier molecular flexibility index (Phi) is 4.98. The number of nitrogens with zero attached hydrogens (tertiary/aromatic N) is 2. The topological polar surface area (TPSA) is 85.5 Å². The molecule has 31 heavy (non-hydrogen) atoms. The number of nitrogens with two attached hydrogens (primary N) is 1. The number of nitrogen functional groups attached to an aromatic ring is 1. The van der Waals surface area contributed by atoms with Crippen LogP contribution in [0.5, 0.6) is 0 Å². The fourth-order valence-electron chi connectivity index (χ4n) is 4.15. The van der Waals surface area contributed by atoms with Gasteiger partial charge in [-0.1, -0.05) is 12.1 Å². The van der Waals surface area contributed by atoms with E-state index in [9.17, 15) is 9.59 Å². The number of anilines is 1. The van der Waals surface area contributed by atoms with Crippen LogP contribution in [0.2, 0.25) is 0 Å². The number of aromatic nitrogens is 1. The fraction of sp³-hybridized carbons (Fsp3) is 0.292. The first-order valence-electron chi connectivity index (χ1n) is 10.4. The number of rotatable bonds is 6. The summed E-state index contributed by atoms with van der Waals surface area (Å²) in [5.41, 5.74) is 9.60. The monoisotopic (exact) mass is 433 g/mol. The van der Waals surface area contributed by atoms with E-state index in [1.807, 2.05) is 35.7 Å². The first-order valence-corrected chi connectivity index (χ1v) is 11.3. The highest BCUT2D eigenvalue weighted by Gasteiger charge is 2.49. The minimum absolute atomic E-state index is 0.0388. The third-order valence-corrected chi connectivity index (χ3v) is 7.02. The summed E-state index contributed by atoms with van der Waals surface area (Å²) in [4.78, 5) is 32.2. The molecule has 1 aliphatic carbocycles. The molecule has 1 aliphatic heterocycles. The Labute approximate surface area is 184 Å². The summed E-state index contributed by atoms with van der Waals surface area (Å²) in [6, 6.07) is 13.4. The maximum Gasteiger partial charge on any atom is 0.410 e. The zero-order valence-electron chi connectivity index (χ0n) is 17.0. The molecular formula is C24H23N3O3S. The molecule has 1 amide bonds. The zero-order chi connectivity index (χ0) is 21.4. The SMILES string of the molecule is Nc1ccc(-c2cccs2)cc1CC(=O)c1ccc(CN2CC3(CCC3)OC2=O)nc1. The molecule has 158 valence electrons. The normalized spacial score (nSPS) is 16.9. The predicted octanol–water partition coefficient (Wildman–Crippen LogP) is 4.69. The summed E-state index contributed by atoms with van der Waals surface area (Å²) >= 11 is 1.65. The summed E-state index contributed by atoms with van der Waals surface area (Å²) in [5.74, 6) is -0.0388. The van der Waals surface area contributed by atoms with E-state index in [2.05, 4.69) is 4.98 Å². The van der Waals surface area contributed by atoms with Gasteiger partial charge >= 0.3 is 6.09 Å². The number of carbonyl (C=O) groups is 2. The molecule has 0 unspecified atom stereocenters. The van der Waals surface area contributed by atoms with Crippen LogP contribution in [0.25, 0.3) is 10.4 Å². The van der Waals surface area contributed by atoms with Gasteiger partial charge < -0.3 is 10.5 Å². The third-order valence-electron chi connectivity index (χ3n) is 6.11. The Bertz CT molecular complexity index is 1120. The van der Waals surface area contributed by atoms with E-state index in [0.29, 0.717) is 24.3 Å². The van der Waals surface area contributed by atoms with Crippen LogP contribution in [0.3, 0.4) is 0 Å². The number of ether oxygens (including phenoxy) is 1. The first kappa shape index (κ1) is 19.8. The molecule has 2 aliphatic rings. The summed E-state index contributed by atoms with van der Waals surface area (Å²) in [6.45, 7) is 1.01. The first-order chi connectivity index (χ1) is 15.0. The van der Waals surface area contributed by atoms with Crippen LogP contribution in [0.15, 0.2) is 54.0 Å². The molecule has 7 heteroatoms. The van der Waals surface area contributed by atoms with E-state index in [-0.39, 0.29) is 23.9 Å². The van der Waals surface area contributed by atoms with Gasteiger partial charge in [-0.3, -0.25) is 14.7 Å². The molecule has 3 aromatic rings. The van der Waals surface area contributed by atoms with E-state index < -0.39 is 0 Å². The van der Waals surface area contributed by atoms with Gasteiger partial charge in [0, 0.05) is 28.7 Å². The molecule has 1 spiro atoms. The van der Waals surface area contributed by atoms with Gasteiger partial charge in [0.1, 0.15) is 5.60 Å². The van der Waals surface area contributed by atoms with Gasteiger partial charge in [-0.2, -0.15) is 0 Å². The van der Waals surface area contributed by atoms with Gasteiger partial charge in [0.2, 0.25) is 0 Å². The second-order valence-electron chi connectivity index (χ2n) is 8.29. The van der Waals surface area contributed by atoms with Crippen LogP contribution in [0.1, 0.15) is 40.9 Å². The van der Waals surface area contributed by atoms with Gasteiger partial charge in [-0.05, 0) is 66.1 Å². The van der Waals surface area contributed by atoms with Crippen molar-refractivity contribution in [1.29, 1.82) is 0 Å². The van der Waals surface area contributed by atoms with Crippen molar-refractivity contribution in [2.24, 2.45) is 0 Å². The van der Waals surface area contributed by atoms with Crippen LogP contribution in [-0.4, -0.2) is 33.9 Å². The maximum absolute atomic E-state index is 12.8. The Morgan fingerprint density at radius 3 is 2.74 bits per heavy atom. The van der Waals surface area contributed by atoms with Crippen molar-refractivity contribution in [3.8, 4) is 10.4 Å². The van der Waals surface area contributed by atoms with E-state index in [1.165, 1.54) is 0 Å². The van der Waals surface area contributed by atoms with Crippen molar-refractivity contribution in [2.75, 3.05) is 12.3 Å². The molecule has 0 bridgehead atoms. The maximum atomic E-state index is 12.8. The molecule has 2 aromatic heterocycles. The smallest absolute Gasteiger partial charge is 0.410 e. The van der Waals surface area contributed by atoms with Gasteiger partial charge in [0.15, 0.2) is 5.78 Å². The van der Waals surface area contributed by atoms with Gasteiger partial charge in [-0.25, -0.2) is 4.79 Å². The van der Waals surface area contributed by atoms with Crippen molar-refractivity contribution >= 4 is 28.9 Å². The van der Waals surface area contributed by atoms with Gasteiger partial charge in [0.25, 0.3) is 0 Å². The number of pyridine rings is 1. The van der Waals surface area contributed by atoms with Crippen molar-refractivity contribution in [2.45, 2.75) is 37.8 Å². The van der Waals surface area contributed by atoms with Crippen LogP contribution >= 0.6 is 11.3 Å². The van der Waals surface area contributed by atoms with Crippen LogP contribution in [0, 0.1) is 0 Å². The van der Waals surface area contributed by atoms with Crippen molar-refractivity contribution in [3.63, 3.8) is 0 Å². The molecule has 3 heterocycles. The number of Topliss-reactive ketones (excluding diaryl/α,β-unsaturated/α-hetero) is 1. The predicted molar refractivity (Wildman–Crippen MR) is 120 cm³/mol. The lowest BCUT2D eigenvalue weighted by atomic mass is 9.80. The fourth-order valence-corrected chi connectivity index (χ4v) is 4.88. The Balaban J connectivity index is 1.26. The Morgan fingerprint density at radius 1 is 1.23 bits per heavy atom. The van der Waals surface area contributed by atoms with Crippen LogP contribution < -0.4 is 5.73 Å². The standard InChI is InChI=1S/C24H23N3O3S/c25-20-7-5-16(22-3-1-10-31-22)11-18(20)12-21(28)17-4-6-19(26-13-17)14-27-15-24(8-2-9-24)30-23(27)29/h1,3-7,10-11,13H,2,8-9,12,14-15,25H2. The minimum Gasteiger partial charge on any atom is -0.441 e. The molecule has 0 atom stereocenters. The van der Waals surface area contributed by atoms with Crippen molar-refractivity contribution in [3.05, 3.63) is 70.9 Å². The van der Waals surface area contributed by atoms with Crippen LogP contribution in [-0.2, 0) is 17.7 Å². The van der Waals surface area contributed by atoms with Gasteiger partial charge in [0.05, 0.1) is 18.8 Å². The van der Waals surface area contributed by atoms with E-state index in [4.69, 9.17) is 10.5 Å². The molecule has 0 radical (unpaired) electrons.